The van der Waals surface area contributed by atoms with Crippen LogP contribution in [0.2, 0.25) is 10.0 Å². The fourth-order valence-electron chi connectivity index (χ4n) is 2.57. The number of aryl methyl sites for hydroxylation is 1. The summed E-state index contributed by atoms with van der Waals surface area (Å²) in [6, 6.07) is 7.57. The fourth-order valence-corrected chi connectivity index (χ4v) is 3.09. The Kier molecular flexibility index (Phi) is 4.47. The summed E-state index contributed by atoms with van der Waals surface area (Å²) in [7, 11) is 0. The van der Waals surface area contributed by atoms with Gasteiger partial charge in [0, 0.05) is 21.2 Å². The zero-order valence-corrected chi connectivity index (χ0v) is 14.2. The molecular weight excluding hydrogens is 381 g/mol. The highest BCUT2D eigenvalue weighted by Gasteiger charge is 2.59. The maximum Gasteiger partial charge on any atom is 0.428 e. The molecule has 132 valence electrons. The third kappa shape index (κ3) is 3.21. The van der Waals surface area contributed by atoms with E-state index in [-0.39, 0.29) is 21.3 Å². The first-order chi connectivity index (χ1) is 11.6. The van der Waals surface area contributed by atoms with E-state index < -0.39 is 17.6 Å². The standard InChI is InChI=1S/C17H11Cl2F4NO/c1-9-4-10(2-3-14(9)20)15-8-16(25-24-15,17(21,22)23)11-5-12(18)7-13(19)6-11/h2-8,24H,1H3. The van der Waals surface area contributed by atoms with Gasteiger partial charge in [-0.25, -0.2) is 4.39 Å². The third-order valence-electron chi connectivity index (χ3n) is 3.85. The zero-order chi connectivity index (χ0) is 18.4. The molecule has 2 nitrogen and oxygen atoms in total. The van der Waals surface area contributed by atoms with Gasteiger partial charge in [-0.3, -0.25) is 10.3 Å². The van der Waals surface area contributed by atoms with E-state index in [0.29, 0.717) is 11.1 Å². The van der Waals surface area contributed by atoms with E-state index in [9.17, 15) is 17.6 Å². The van der Waals surface area contributed by atoms with E-state index in [1.807, 2.05) is 0 Å². The Morgan fingerprint density at radius 2 is 1.68 bits per heavy atom. The maximum absolute atomic E-state index is 13.8. The van der Waals surface area contributed by atoms with Crippen molar-refractivity contribution in [3.05, 3.63) is 75.0 Å². The predicted octanol–water partition coefficient (Wildman–Crippen LogP) is 5.77. The Balaban J connectivity index is 2.15. The first kappa shape index (κ1) is 18.0. The Morgan fingerprint density at radius 3 is 2.24 bits per heavy atom. The minimum Gasteiger partial charge on any atom is -0.265 e. The van der Waals surface area contributed by atoms with Crippen LogP contribution in [0.25, 0.3) is 5.70 Å². The third-order valence-corrected chi connectivity index (χ3v) is 4.29. The summed E-state index contributed by atoms with van der Waals surface area (Å²) in [4.78, 5) is 4.96. The van der Waals surface area contributed by atoms with Gasteiger partial charge in [0.2, 0.25) is 5.60 Å². The van der Waals surface area contributed by atoms with Crippen molar-refractivity contribution in [3.63, 3.8) is 0 Å². The van der Waals surface area contributed by atoms with Crippen molar-refractivity contribution >= 4 is 28.9 Å². The SMILES string of the molecule is Cc1cc(C2=CC(c3cc(Cl)cc(Cl)c3)(C(F)(F)F)ON2)ccc1F. The van der Waals surface area contributed by atoms with Crippen molar-refractivity contribution in [2.24, 2.45) is 0 Å². The molecule has 0 spiro atoms. The smallest absolute Gasteiger partial charge is 0.265 e. The summed E-state index contributed by atoms with van der Waals surface area (Å²) in [5, 5.41) is 0.100. The highest BCUT2D eigenvalue weighted by molar-refractivity contribution is 6.34. The highest BCUT2D eigenvalue weighted by Crippen LogP contribution is 2.48. The second kappa shape index (κ2) is 6.20. The molecule has 0 amide bonds. The average Bonchev–Trinajstić information content (AvgIpc) is 2.95. The van der Waals surface area contributed by atoms with Crippen LogP contribution in [0, 0.1) is 12.7 Å². The number of nitrogens with one attached hydrogen (secondary N) is 1. The van der Waals surface area contributed by atoms with Gasteiger partial charge in [-0.05, 0) is 55.0 Å². The van der Waals surface area contributed by atoms with Crippen molar-refractivity contribution in [2.75, 3.05) is 0 Å². The number of hydrogen-bond acceptors (Lipinski definition) is 2. The zero-order valence-electron chi connectivity index (χ0n) is 12.7. The second-order valence-electron chi connectivity index (χ2n) is 5.62. The Bertz CT molecular complexity index is 846. The van der Waals surface area contributed by atoms with E-state index in [0.717, 1.165) is 18.2 Å². The first-order valence-electron chi connectivity index (χ1n) is 7.09. The Labute approximate surface area is 151 Å². The van der Waals surface area contributed by atoms with Gasteiger partial charge in [-0.1, -0.05) is 23.2 Å². The van der Waals surface area contributed by atoms with Crippen molar-refractivity contribution in [1.82, 2.24) is 5.48 Å². The van der Waals surface area contributed by atoms with Crippen molar-refractivity contribution in [1.29, 1.82) is 0 Å². The molecule has 2 aromatic carbocycles. The molecule has 0 radical (unpaired) electrons. The molecule has 1 aliphatic heterocycles. The Morgan fingerprint density at radius 1 is 1.04 bits per heavy atom. The number of halogens is 6. The quantitative estimate of drug-likeness (QED) is 0.655. The van der Waals surface area contributed by atoms with Crippen LogP contribution in [-0.2, 0) is 10.4 Å². The van der Waals surface area contributed by atoms with Gasteiger partial charge < -0.3 is 0 Å². The van der Waals surface area contributed by atoms with Gasteiger partial charge in [0.1, 0.15) is 5.82 Å². The number of alkyl halides is 3. The molecule has 0 saturated carbocycles. The summed E-state index contributed by atoms with van der Waals surface area (Å²) in [6.45, 7) is 1.52. The second-order valence-corrected chi connectivity index (χ2v) is 6.49. The molecule has 1 N–H and O–H groups in total. The largest absolute Gasteiger partial charge is 0.428 e. The molecule has 0 saturated heterocycles. The number of hydroxylamine groups is 1. The van der Waals surface area contributed by atoms with E-state index in [2.05, 4.69) is 5.48 Å². The highest BCUT2D eigenvalue weighted by atomic mass is 35.5. The van der Waals surface area contributed by atoms with Crippen LogP contribution in [0.4, 0.5) is 17.6 Å². The summed E-state index contributed by atoms with van der Waals surface area (Å²) in [6.07, 6.45) is -3.90. The van der Waals surface area contributed by atoms with Crippen LogP contribution >= 0.6 is 23.2 Å². The van der Waals surface area contributed by atoms with Crippen LogP contribution < -0.4 is 5.48 Å². The lowest BCUT2D eigenvalue weighted by molar-refractivity contribution is -0.269. The lowest BCUT2D eigenvalue weighted by atomic mass is 9.91. The van der Waals surface area contributed by atoms with Crippen LogP contribution in [0.3, 0.4) is 0 Å². The van der Waals surface area contributed by atoms with Crippen LogP contribution in [0.1, 0.15) is 16.7 Å². The minimum absolute atomic E-state index is 0.0502. The van der Waals surface area contributed by atoms with Gasteiger partial charge in [0.15, 0.2) is 0 Å². The lowest BCUT2D eigenvalue weighted by Gasteiger charge is -2.28. The molecule has 25 heavy (non-hydrogen) atoms. The molecule has 0 aromatic heterocycles. The Hall–Kier alpha value is -1.76. The van der Waals surface area contributed by atoms with Crippen molar-refractivity contribution in [2.45, 2.75) is 18.7 Å². The van der Waals surface area contributed by atoms with Crippen LogP contribution in [-0.4, -0.2) is 6.18 Å². The molecular formula is C17H11Cl2F4NO. The molecule has 0 fully saturated rings. The topological polar surface area (TPSA) is 21.3 Å². The summed E-state index contributed by atoms with van der Waals surface area (Å²) < 4.78 is 54.9. The number of benzene rings is 2. The van der Waals surface area contributed by atoms with E-state index >= 15 is 0 Å². The molecule has 3 rings (SSSR count). The van der Waals surface area contributed by atoms with Crippen LogP contribution in [0.15, 0.2) is 42.5 Å². The molecule has 2 aromatic rings. The summed E-state index contributed by atoms with van der Waals surface area (Å²) >= 11 is 11.7. The lowest BCUT2D eigenvalue weighted by Crippen LogP contribution is -2.42. The molecule has 8 heteroatoms. The molecule has 1 atom stereocenters. The number of hydrogen-bond donors (Lipinski definition) is 1. The molecule has 1 aliphatic rings. The summed E-state index contributed by atoms with van der Waals surface area (Å²) in [5.41, 5.74) is -0.0157. The van der Waals surface area contributed by atoms with Crippen molar-refractivity contribution in [3.8, 4) is 0 Å². The molecule has 1 unspecified atom stereocenters. The average molecular weight is 392 g/mol. The fraction of sp³-hybridized carbons (Fsp3) is 0.176. The van der Waals surface area contributed by atoms with E-state index in [4.69, 9.17) is 28.0 Å². The van der Waals surface area contributed by atoms with Gasteiger partial charge >= 0.3 is 6.18 Å². The molecule has 0 bridgehead atoms. The van der Waals surface area contributed by atoms with Crippen molar-refractivity contribution < 1.29 is 22.4 Å². The monoisotopic (exact) mass is 391 g/mol. The van der Waals surface area contributed by atoms with Gasteiger partial charge in [-0.15, -0.1) is 0 Å². The van der Waals surface area contributed by atoms with Gasteiger partial charge in [0.25, 0.3) is 0 Å². The van der Waals surface area contributed by atoms with Crippen LogP contribution in [0.5, 0.6) is 0 Å². The predicted molar refractivity (Wildman–Crippen MR) is 87.5 cm³/mol. The first-order valence-corrected chi connectivity index (χ1v) is 7.85. The minimum atomic E-state index is -4.79. The normalized spacial score (nSPS) is 20.4. The van der Waals surface area contributed by atoms with E-state index in [1.165, 1.54) is 31.2 Å². The number of rotatable bonds is 2. The molecule has 1 heterocycles. The van der Waals surface area contributed by atoms with Gasteiger partial charge in [0.05, 0.1) is 5.70 Å². The van der Waals surface area contributed by atoms with E-state index in [1.54, 1.807) is 0 Å². The van der Waals surface area contributed by atoms with Gasteiger partial charge in [-0.2, -0.15) is 13.2 Å². The summed E-state index contributed by atoms with van der Waals surface area (Å²) in [5.74, 6) is -0.452. The maximum atomic E-state index is 13.8. The molecule has 0 aliphatic carbocycles.